The van der Waals surface area contributed by atoms with Crippen LogP contribution in [0.2, 0.25) is 0 Å². The molecule has 1 atom stereocenters. The maximum absolute atomic E-state index is 4.69. The highest BCUT2D eigenvalue weighted by atomic mass is 32.2. The number of hydrogen-bond donors (Lipinski definition) is 0. The highest BCUT2D eigenvalue weighted by molar-refractivity contribution is 8.00. The molecule has 2 nitrogen and oxygen atoms in total. The van der Waals surface area contributed by atoms with Gasteiger partial charge < -0.3 is 4.57 Å². The standard InChI is InChI=1S/C48H30N2S2/c1-2-12-34(13-3-1)50-42-18-7-4-14-35(42)36-28-31(23-26-43(36)50)32-21-24-39-46(29-32)51-44-19-8-5-15-37(44)48(39)38-16-6-9-20-45(38)52-47-30-33(22-25-40(47)48)41-17-10-11-27-49-41/h1-30H. The summed E-state index contributed by atoms with van der Waals surface area (Å²) < 4.78 is 2.38. The van der Waals surface area contributed by atoms with Crippen molar-refractivity contribution >= 4 is 45.3 Å². The lowest BCUT2D eigenvalue weighted by molar-refractivity contribution is 0.667. The van der Waals surface area contributed by atoms with Crippen LogP contribution in [0.1, 0.15) is 22.3 Å². The molecule has 0 saturated heterocycles. The van der Waals surface area contributed by atoms with Gasteiger partial charge in [0.2, 0.25) is 0 Å². The van der Waals surface area contributed by atoms with Crippen LogP contribution in [0.3, 0.4) is 0 Å². The smallest absolute Gasteiger partial charge is 0.0745 e. The highest BCUT2D eigenvalue weighted by Gasteiger charge is 2.48. The summed E-state index contributed by atoms with van der Waals surface area (Å²) in [7, 11) is 0. The summed E-state index contributed by atoms with van der Waals surface area (Å²) in [5, 5.41) is 2.53. The molecule has 1 unspecified atom stereocenters. The Hall–Kier alpha value is -5.81. The van der Waals surface area contributed by atoms with E-state index in [0.717, 1.165) is 11.3 Å². The first-order valence-corrected chi connectivity index (χ1v) is 19.2. The van der Waals surface area contributed by atoms with E-state index in [1.54, 1.807) is 0 Å². The van der Waals surface area contributed by atoms with E-state index >= 15 is 0 Å². The molecule has 0 N–H and O–H groups in total. The van der Waals surface area contributed by atoms with Crippen LogP contribution in [0.4, 0.5) is 0 Å². The second-order valence-electron chi connectivity index (χ2n) is 13.5. The second-order valence-corrected chi connectivity index (χ2v) is 15.7. The molecule has 2 aliphatic rings. The van der Waals surface area contributed by atoms with Crippen LogP contribution in [-0.2, 0) is 5.41 Å². The van der Waals surface area contributed by atoms with Crippen LogP contribution in [0.15, 0.2) is 202 Å². The fourth-order valence-electron chi connectivity index (χ4n) is 8.55. The lowest BCUT2D eigenvalue weighted by Gasteiger charge is -2.45. The molecule has 0 radical (unpaired) electrons. The Kier molecular flexibility index (Phi) is 6.67. The van der Waals surface area contributed by atoms with E-state index in [1.807, 2.05) is 35.8 Å². The molecule has 7 aromatic carbocycles. The third-order valence-electron chi connectivity index (χ3n) is 10.8. The van der Waals surface area contributed by atoms with E-state index in [4.69, 9.17) is 4.98 Å². The number of benzene rings is 7. The molecular weight excluding hydrogens is 669 g/mol. The fraction of sp³-hybridized carbons (Fsp3) is 0.0208. The number of hydrogen-bond acceptors (Lipinski definition) is 3. The number of fused-ring (bicyclic) bond motifs is 11. The van der Waals surface area contributed by atoms with Crippen molar-refractivity contribution in [3.8, 4) is 28.1 Å². The SMILES string of the molecule is c1ccc(-n2c3ccccc3c3cc(-c4ccc5c(c4)Sc4ccccc4C54c5ccccc5Sc5cc(-c6ccccn6)ccc54)ccc32)cc1. The molecule has 0 saturated carbocycles. The Morgan fingerprint density at radius 3 is 1.69 bits per heavy atom. The minimum Gasteiger partial charge on any atom is -0.309 e. The quantitative estimate of drug-likeness (QED) is 0.183. The molecule has 0 bridgehead atoms. The number of nitrogens with zero attached hydrogens (tertiary/aromatic N) is 2. The van der Waals surface area contributed by atoms with Crippen molar-refractivity contribution in [3.05, 3.63) is 204 Å². The Labute approximate surface area is 310 Å². The van der Waals surface area contributed by atoms with E-state index in [1.165, 1.54) is 80.5 Å². The monoisotopic (exact) mass is 698 g/mol. The highest BCUT2D eigenvalue weighted by Crippen LogP contribution is 2.62. The summed E-state index contributed by atoms with van der Waals surface area (Å²) in [5.41, 5.74) is 13.1. The van der Waals surface area contributed by atoms with Crippen LogP contribution in [0, 0.1) is 0 Å². The maximum Gasteiger partial charge on any atom is 0.0745 e. The summed E-state index contributed by atoms with van der Waals surface area (Å²) in [5.74, 6) is 0. The summed E-state index contributed by atoms with van der Waals surface area (Å²) in [6.45, 7) is 0. The zero-order chi connectivity index (χ0) is 34.2. The molecule has 244 valence electrons. The van der Waals surface area contributed by atoms with Crippen LogP contribution >= 0.6 is 23.5 Å². The van der Waals surface area contributed by atoms with Crippen LogP contribution in [0.25, 0.3) is 49.9 Å². The largest absolute Gasteiger partial charge is 0.309 e. The molecule has 2 aliphatic heterocycles. The van der Waals surface area contributed by atoms with Crippen LogP contribution in [-0.4, -0.2) is 9.55 Å². The van der Waals surface area contributed by atoms with Gasteiger partial charge in [0.25, 0.3) is 0 Å². The maximum atomic E-state index is 4.69. The van der Waals surface area contributed by atoms with Gasteiger partial charge in [0.05, 0.1) is 22.1 Å². The molecule has 9 aromatic rings. The number of rotatable bonds is 3. The van der Waals surface area contributed by atoms with Gasteiger partial charge >= 0.3 is 0 Å². The van der Waals surface area contributed by atoms with Gasteiger partial charge in [0, 0.05) is 47.8 Å². The molecule has 2 aromatic heterocycles. The Bertz CT molecular complexity index is 2850. The van der Waals surface area contributed by atoms with E-state index in [2.05, 4.69) is 174 Å². The average Bonchev–Trinajstić information content (AvgIpc) is 3.55. The van der Waals surface area contributed by atoms with Crippen molar-refractivity contribution in [2.45, 2.75) is 25.0 Å². The van der Waals surface area contributed by atoms with Crippen LogP contribution in [0.5, 0.6) is 0 Å². The number of para-hydroxylation sites is 2. The van der Waals surface area contributed by atoms with Gasteiger partial charge in [-0.25, -0.2) is 0 Å². The minimum absolute atomic E-state index is 0.456. The summed E-state index contributed by atoms with van der Waals surface area (Å²) in [4.78, 5) is 9.86. The Morgan fingerprint density at radius 2 is 0.962 bits per heavy atom. The van der Waals surface area contributed by atoms with Gasteiger partial charge in [0.1, 0.15) is 0 Å². The van der Waals surface area contributed by atoms with E-state index in [9.17, 15) is 0 Å². The Balaban J connectivity index is 1.13. The summed E-state index contributed by atoms with van der Waals surface area (Å²) in [6.07, 6.45) is 1.88. The summed E-state index contributed by atoms with van der Waals surface area (Å²) >= 11 is 3.77. The normalized spacial score (nSPS) is 15.6. The van der Waals surface area contributed by atoms with Gasteiger partial charge in [-0.3, -0.25) is 4.98 Å². The van der Waals surface area contributed by atoms with E-state index < -0.39 is 5.41 Å². The van der Waals surface area contributed by atoms with Crippen molar-refractivity contribution < 1.29 is 0 Å². The van der Waals surface area contributed by atoms with Crippen molar-refractivity contribution in [1.29, 1.82) is 0 Å². The van der Waals surface area contributed by atoms with Crippen LogP contribution < -0.4 is 0 Å². The Morgan fingerprint density at radius 1 is 0.404 bits per heavy atom. The van der Waals surface area contributed by atoms with Gasteiger partial charge in [0.15, 0.2) is 0 Å². The van der Waals surface area contributed by atoms with Crippen molar-refractivity contribution in [2.75, 3.05) is 0 Å². The lowest BCUT2D eigenvalue weighted by Crippen LogP contribution is -2.36. The third-order valence-corrected chi connectivity index (χ3v) is 13.0. The molecule has 52 heavy (non-hydrogen) atoms. The summed E-state index contributed by atoms with van der Waals surface area (Å²) in [6, 6.07) is 64.7. The number of aromatic nitrogens is 2. The third kappa shape index (κ3) is 4.32. The first-order chi connectivity index (χ1) is 25.8. The molecule has 4 heterocycles. The zero-order valence-electron chi connectivity index (χ0n) is 28.0. The lowest BCUT2D eigenvalue weighted by atomic mass is 9.64. The predicted octanol–water partition coefficient (Wildman–Crippen LogP) is 12.8. The van der Waals surface area contributed by atoms with Gasteiger partial charge in [-0.1, -0.05) is 133 Å². The van der Waals surface area contributed by atoms with Gasteiger partial charge in [-0.05, 0) is 100 Å². The van der Waals surface area contributed by atoms with Gasteiger partial charge in [-0.2, -0.15) is 0 Å². The molecule has 1 spiro atoms. The predicted molar refractivity (Wildman–Crippen MR) is 216 cm³/mol. The molecule has 4 heteroatoms. The van der Waals surface area contributed by atoms with E-state index in [-0.39, 0.29) is 0 Å². The zero-order valence-corrected chi connectivity index (χ0v) is 29.7. The average molecular weight is 699 g/mol. The second kappa shape index (κ2) is 11.6. The molecule has 0 amide bonds. The number of pyridine rings is 1. The van der Waals surface area contributed by atoms with Crippen molar-refractivity contribution in [2.24, 2.45) is 0 Å². The van der Waals surface area contributed by atoms with Crippen molar-refractivity contribution in [3.63, 3.8) is 0 Å². The molecule has 0 fully saturated rings. The fourth-order valence-corrected chi connectivity index (χ4v) is 11.0. The molecule has 0 aliphatic carbocycles. The first-order valence-electron chi connectivity index (χ1n) is 17.6. The molecular formula is C48H30N2S2. The first kappa shape index (κ1) is 29.9. The topological polar surface area (TPSA) is 17.8 Å². The van der Waals surface area contributed by atoms with E-state index in [0.29, 0.717) is 0 Å². The molecule has 11 rings (SSSR count). The van der Waals surface area contributed by atoms with Crippen molar-refractivity contribution in [1.82, 2.24) is 9.55 Å². The minimum atomic E-state index is -0.456. The van der Waals surface area contributed by atoms with Gasteiger partial charge in [-0.15, -0.1) is 0 Å².